The predicted molar refractivity (Wildman–Crippen MR) is 185 cm³/mol. The average Bonchev–Trinajstić information content (AvgIpc) is 3.67. The summed E-state index contributed by atoms with van der Waals surface area (Å²) in [6.07, 6.45) is 4.72. The maximum Gasteiger partial charge on any atom is 0.227 e. The van der Waals surface area contributed by atoms with Crippen molar-refractivity contribution in [1.29, 1.82) is 0 Å². The molecule has 5 aromatic rings. The summed E-state index contributed by atoms with van der Waals surface area (Å²) >= 11 is 5.84. The molecule has 2 unspecified atom stereocenters. The van der Waals surface area contributed by atoms with E-state index in [1.54, 1.807) is 36.7 Å². The van der Waals surface area contributed by atoms with Gasteiger partial charge >= 0.3 is 0 Å². The molecule has 49 heavy (non-hydrogen) atoms. The zero-order chi connectivity index (χ0) is 33.9. The Morgan fingerprint density at radius 1 is 0.694 bits per heavy atom. The van der Waals surface area contributed by atoms with Gasteiger partial charge in [-0.05, 0) is 54.1 Å². The number of fused-ring (bicyclic) bond motifs is 2. The van der Waals surface area contributed by atoms with E-state index >= 15 is 0 Å². The van der Waals surface area contributed by atoms with Crippen molar-refractivity contribution in [2.24, 2.45) is 0 Å². The Morgan fingerprint density at radius 2 is 1.27 bits per heavy atom. The first kappa shape index (κ1) is 32.9. The van der Waals surface area contributed by atoms with Crippen molar-refractivity contribution >= 4 is 67.8 Å². The lowest BCUT2D eigenvalue weighted by molar-refractivity contribution is 0.628. The Bertz CT molecular complexity index is 2050. The summed E-state index contributed by atoms with van der Waals surface area (Å²) in [5.74, 6) is 1.85. The lowest BCUT2D eigenvalue weighted by Gasteiger charge is -2.36. The SMILES string of the molecule is O=S1CCc2nc(Cl)nc(Nc3cccc(F)c3)c21.O=S1CCc2nc(N3CCN(c4ccnnc4)CC3)nc(Nc3cccc(F)c3)c21. The molecule has 0 saturated carbocycles. The van der Waals surface area contributed by atoms with Gasteiger partial charge in [-0.1, -0.05) is 12.1 Å². The maximum absolute atomic E-state index is 13.6. The molecule has 1 saturated heterocycles. The molecule has 6 heterocycles. The molecule has 8 rings (SSSR count). The first-order valence-electron chi connectivity index (χ1n) is 15.4. The van der Waals surface area contributed by atoms with Crippen LogP contribution in [0.1, 0.15) is 11.4 Å². The molecule has 3 aromatic heterocycles. The van der Waals surface area contributed by atoms with Gasteiger partial charge in [0.1, 0.15) is 21.4 Å². The van der Waals surface area contributed by atoms with Crippen LogP contribution in [0.4, 0.5) is 43.4 Å². The Balaban J connectivity index is 0.000000171. The number of nitrogens with one attached hydrogen (secondary N) is 2. The lowest BCUT2D eigenvalue weighted by Crippen LogP contribution is -2.47. The van der Waals surface area contributed by atoms with E-state index < -0.39 is 21.6 Å². The van der Waals surface area contributed by atoms with Crippen LogP contribution in [-0.2, 0) is 34.4 Å². The highest BCUT2D eigenvalue weighted by Crippen LogP contribution is 2.33. The van der Waals surface area contributed by atoms with E-state index in [1.807, 2.05) is 6.07 Å². The minimum atomic E-state index is -1.15. The smallest absolute Gasteiger partial charge is 0.227 e. The number of piperazine rings is 1. The molecule has 2 aromatic carbocycles. The van der Waals surface area contributed by atoms with Gasteiger partial charge < -0.3 is 20.4 Å². The molecule has 0 aliphatic carbocycles. The van der Waals surface area contributed by atoms with Gasteiger partial charge in [-0.3, -0.25) is 8.42 Å². The topological polar surface area (TPSA) is 142 Å². The van der Waals surface area contributed by atoms with E-state index in [2.05, 4.69) is 45.6 Å². The van der Waals surface area contributed by atoms with Gasteiger partial charge in [0.2, 0.25) is 11.2 Å². The van der Waals surface area contributed by atoms with E-state index in [-0.39, 0.29) is 16.9 Å². The van der Waals surface area contributed by atoms with E-state index in [0.717, 1.165) is 37.6 Å². The second-order valence-electron chi connectivity index (χ2n) is 11.2. The Hall–Kier alpha value is -4.67. The van der Waals surface area contributed by atoms with Crippen LogP contribution in [-0.4, -0.2) is 76.2 Å². The lowest BCUT2D eigenvalue weighted by atomic mass is 10.2. The van der Waals surface area contributed by atoms with Crippen molar-refractivity contribution in [3.8, 4) is 0 Å². The standard InChI is InChI=1S/C20H20FN7OS.C12H9ClFN3OS/c21-14-2-1-3-15(12-14)24-19-18-17(5-11-30(18)29)25-20(26-19)28-9-7-27(8-10-28)16-4-6-22-23-13-16;13-12-16-9-4-5-19(18)10(9)11(17-12)15-8-3-1-2-7(14)6-8/h1-4,6,12-13H,5,7-11H2,(H,24,25,26);1-3,6H,4-5H2,(H,15,16,17). The highest BCUT2D eigenvalue weighted by atomic mass is 35.5. The fourth-order valence-electron chi connectivity index (χ4n) is 5.70. The molecule has 1 fully saturated rings. The molecule has 3 aliphatic rings. The number of hydrogen-bond donors (Lipinski definition) is 2. The Kier molecular flexibility index (Phi) is 9.68. The normalized spacial score (nSPS) is 17.9. The molecule has 12 nitrogen and oxygen atoms in total. The average molecular weight is 723 g/mol. The van der Waals surface area contributed by atoms with Crippen molar-refractivity contribution < 1.29 is 17.2 Å². The van der Waals surface area contributed by atoms with Gasteiger partial charge in [-0.15, -0.1) is 0 Å². The number of benzene rings is 2. The molecular formula is C32H29ClF2N10O2S2. The largest absolute Gasteiger partial charge is 0.367 e. The number of halogens is 3. The second-order valence-corrected chi connectivity index (χ2v) is 14.6. The monoisotopic (exact) mass is 722 g/mol. The molecule has 17 heteroatoms. The summed E-state index contributed by atoms with van der Waals surface area (Å²) in [5, 5.41) is 14.0. The van der Waals surface area contributed by atoms with Crippen LogP contribution in [0.3, 0.4) is 0 Å². The van der Waals surface area contributed by atoms with E-state index in [1.165, 1.54) is 24.3 Å². The molecule has 2 atom stereocenters. The minimum absolute atomic E-state index is 0.0940. The van der Waals surface area contributed by atoms with Crippen LogP contribution in [0.5, 0.6) is 0 Å². The predicted octanol–water partition coefficient (Wildman–Crippen LogP) is 4.82. The molecule has 2 N–H and O–H groups in total. The molecule has 0 spiro atoms. The highest BCUT2D eigenvalue weighted by molar-refractivity contribution is 7.85. The third-order valence-electron chi connectivity index (χ3n) is 8.01. The second kappa shape index (κ2) is 14.4. The number of aryl methyl sites for hydroxylation is 2. The minimum Gasteiger partial charge on any atom is -0.367 e. The first-order chi connectivity index (χ1) is 23.8. The molecule has 0 bridgehead atoms. The van der Waals surface area contributed by atoms with Crippen LogP contribution >= 0.6 is 11.6 Å². The number of rotatable bonds is 6. The zero-order valence-corrected chi connectivity index (χ0v) is 28.2. The van der Waals surface area contributed by atoms with Gasteiger partial charge in [-0.25, -0.2) is 18.7 Å². The number of hydrogen-bond acceptors (Lipinski definition) is 12. The molecule has 3 aliphatic heterocycles. The van der Waals surface area contributed by atoms with Gasteiger partial charge in [0.15, 0.2) is 11.6 Å². The van der Waals surface area contributed by atoms with Crippen LogP contribution in [0.25, 0.3) is 0 Å². The Morgan fingerprint density at radius 3 is 1.84 bits per heavy atom. The van der Waals surface area contributed by atoms with Crippen molar-refractivity contribution in [3.63, 3.8) is 0 Å². The van der Waals surface area contributed by atoms with Crippen LogP contribution in [0.2, 0.25) is 5.28 Å². The van der Waals surface area contributed by atoms with Gasteiger partial charge in [-0.2, -0.15) is 20.2 Å². The third-order valence-corrected chi connectivity index (χ3v) is 11.1. The zero-order valence-electron chi connectivity index (χ0n) is 25.9. The molecule has 252 valence electrons. The summed E-state index contributed by atoms with van der Waals surface area (Å²) in [5.41, 5.74) is 3.64. The van der Waals surface area contributed by atoms with E-state index in [4.69, 9.17) is 16.6 Å². The Labute approximate surface area is 290 Å². The van der Waals surface area contributed by atoms with Crippen molar-refractivity contribution in [1.82, 2.24) is 30.1 Å². The molecule has 0 amide bonds. The third kappa shape index (κ3) is 7.50. The summed E-state index contributed by atoms with van der Waals surface area (Å²) < 4.78 is 51.2. The number of anilines is 6. The van der Waals surface area contributed by atoms with E-state index in [9.17, 15) is 17.2 Å². The van der Waals surface area contributed by atoms with Crippen LogP contribution < -0.4 is 20.4 Å². The van der Waals surface area contributed by atoms with Crippen molar-refractivity contribution in [2.45, 2.75) is 22.6 Å². The maximum atomic E-state index is 13.6. The van der Waals surface area contributed by atoms with Crippen molar-refractivity contribution in [2.75, 3.05) is 58.1 Å². The quantitative estimate of drug-likeness (QED) is 0.232. The number of aromatic nitrogens is 6. The summed E-state index contributed by atoms with van der Waals surface area (Å²) in [7, 11) is -2.29. The van der Waals surface area contributed by atoms with Gasteiger partial charge in [0, 0.05) is 61.9 Å². The number of nitrogens with zero attached hydrogens (tertiary/aromatic N) is 8. The van der Waals surface area contributed by atoms with Crippen LogP contribution in [0.15, 0.2) is 76.8 Å². The molecule has 0 radical (unpaired) electrons. The summed E-state index contributed by atoms with van der Waals surface area (Å²) in [6.45, 7) is 3.13. The fourth-order valence-corrected chi connectivity index (χ4v) is 8.50. The van der Waals surface area contributed by atoms with Crippen molar-refractivity contribution in [3.05, 3.63) is 95.3 Å². The summed E-state index contributed by atoms with van der Waals surface area (Å²) in [6, 6.07) is 14.1. The highest BCUT2D eigenvalue weighted by Gasteiger charge is 2.29. The van der Waals surface area contributed by atoms with Gasteiger partial charge in [0.25, 0.3) is 0 Å². The van der Waals surface area contributed by atoms with Crippen LogP contribution in [0, 0.1) is 11.6 Å². The van der Waals surface area contributed by atoms with E-state index in [0.29, 0.717) is 68.8 Å². The summed E-state index contributed by atoms with van der Waals surface area (Å²) in [4.78, 5) is 23.1. The van der Waals surface area contributed by atoms with Gasteiger partial charge in [0.05, 0.1) is 51.1 Å². The molecular weight excluding hydrogens is 694 g/mol. The fraction of sp³-hybridized carbons (Fsp3) is 0.250. The first-order valence-corrected chi connectivity index (χ1v) is 18.4.